The first-order chi connectivity index (χ1) is 13.5. The highest BCUT2D eigenvalue weighted by Crippen LogP contribution is 2.28. The van der Waals surface area contributed by atoms with Gasteiger partial charge < -0.3 is 9.80 Å². The Kier molecular flexibility index (Phi) is 6.87. The topological polar surface area (TPSA) is 26.8 Å². The molecule has 28 heavy (non-hydrogen) atoms. The van der Waals surface area contributed by atoms with Crippen molar-refractivity contribution in [2.24, 2.45) is 0 Å². The van der Waals surface area contributed by atoms with Crippen LogP contribution < -0.4 is 0 Å². The molecule has 1 aliphatic rings. The monoisotopic (exact) mass is 379 g/mol. The molecule has 2 aromatic carbocycles. The number of rotatable bonds is 6. The highest BCUT2D eigenvalue weighted by molar-refractivity contribution is 5.87. The van der Waals surface area contributed by atoms with Crippen LogP contribution in [-0.2, 0) is 4.79 Å². The fourth-order valence-corrected chi connectivity index (χ4v) is 4.24. The lowest BCUT2D eigenvalue weighted by molar-refractivity contribution is -0.136. The first kappa shape index (κ1) is 20.6. The number of nitrogens with zero attached hydrogens (tertiary/aromatic N) is 3. The van der Waals surface area contributed by atoms with Gasteiger partial charge in [0.1, 0.15) is 0 Å². The Morgan fingerprint density at radius 1 is 0.929 bits per heavy atom. The van der Waals surface area contributed by atoms with Gasteiger partial charge in [-0.1, -0.05) is 60.7 Å². The van der Waals surface area contributed by atoms with E-state index in [0.29, 0.717) is 12.1 Å². The van der Waals surface area contributed by atoms with E-state index in [-0.39, 0.29) is 11.8 Å². The van der Waals surface area contributed by atoms with Gasteiger partial charge in [0.25, 0.3) is 0 Å². The molecule has 1 saturated heterocycles. The lowest BCUT2D eigenvalue weighted by Crippen LogP contribution is -2.59. The summed E-state index contributed by atoms with van der Waals surface area (Å²) in [6.07, 6.45) is 0. The molecular weight excluding hydrogens is 346 g/mol. The second-order valence-electron chi connectivity index (χ2n) is 8.24. The number of piperazine rings is 1. The number of hydrogen-bond acceptors (Lipinski definition) is 3. The van der Waals surface area contributed by atoms with E-state index >= 15 is 0 Å². The van der Waals surface area contributed by atoms with E-state index in [9.17, 15) is 4.79 Å². The summed E-state index contributed by atoms with van der Waals surface area (Å²) in [6.45, 7) is 8.13. The van der Waals surface area contributed by atoms with Crippen LogP contribution in [0.3, 0.4) is 0 Å². The van der Waals surface area contributed by atoms with Gasteiger partial charge in [-0.3, -0.25) is 9.69 Å². The molecule has 1 aliphatic heterocycles. The van der Waals surface area contributed by atoms with Gasteiger partial charge in [0.15, 0.2) is 0 Å². The van der Waals surface area contributed by atoms with Crippen molar-refractivity contribution in [2.45, 2.75) is 31.8 Å². The first-order valence-electron chi connectivity index (χ1n) is 10.3. The molecule has 1 fully saturated rings. The second kappa shape index (κ2) is 9.35. The van der Waals surface area contributed by atoms with E-state index in [1.54, 1.807) is 0 Å². The summed E-state index contributed by atoms with van der Waals surface area (Å²) < 4.78 is 0. The van der Waals surface area contributed by atoms with Gasteiger partial charge in [-0.15, -0.1) is 0 Å². The van der Waals surface area contributed by atoms with Gasteiger partial charge in [-0.25, -0.2) is 0 Å². The molecule has 4 heteroatoms. The largest absolute Gasteiger partial charge is 0.339 e. The molecule has 0 aliphatic carbocycles. The number of amides is 1. The molecule has 2 aromatic rings. The average molecular weight is 380 g/mol. The van der Waals surface area contributed by atoms with E-state index in [0.717, 1.165) is 37.3 Å². The quantitative estimate of drug-likeness (QED) is 0.770. The van der Waals surface area contributed by atoms with Crippen LogP contribution in [0.25, 0.3) is 0 Å². The van der Waals surface area contributed by atoms with Crippen LogP contribution in [0.15, 0.2) is 60.7 Å². The van der Waals surface area contributed by atoms with Crippen molar-refractivity contribution in [1.82, 2.24) is 14.7 Å². The molecule has 4 nitrogen and oxygen atoms in total. The molecule has 1 heterocycles. The Morgan fingerprint density at radius 2 is 1.39 bits per heavy atom. The van der Waals surface area contributed by atoms with Crippen LogP contribution in [0.1, 0.15) is 30.9 Å². The summed E-state index contributed by atoms with van der Waals surface area (Å²) in [5, 5.41) is 0. The summed E-state index contributed by atoms with van der Waals surface area (Å²) >= 11 is 0. The fourth-order valence-electron chi connectivity index (χ4n) is 4.24. The van der Waals surface area contributed by atoms with Crippen molar-refractivity contribution in [3.8, 4) is 0 Å². The van der Waals surface area contributed by atoms with Crippen molar-refractivity contribution in [3.05, 3.63) is 71.8 Å². The minimum atomic E-state index is -0.241. The zero-order valence-corrected chi connectivity index (χ0v) is 17.6. The standard InChI is InChI=1S/C24H33N3O/c1-19-17-26(18-20(2)27(19)16-15-25(3)4)24(28)23(21-11-7-5-8-12-21)22-13-9-6-10-14-22/h5-14,19-20,23H,15-18H2,1-4H3. The van der Waals surface area contributed by atoms with Crippen molar-refractivity contribution < 1.29 is 4.79 Å². The van der Waals surface area contributed by atoms with Gasteiger partial charge in [0.2, 0.25) is 5.91 Å². The maximum atomic E-state index is 13.7. The van der Waals surface area contributed by atoms with Gasteiger partial charge >= 0.3 is 0 Å². The zero-order valence-electron chi connectivity index (χ0n) is 17.6. The maximum Gasteiger partial charge on any atom is 0.234 e. The Hall–Kier alpha value is -2.17. The Balaban J connectivity index is 1.80. The van der Waals surface area contributed by atoms with Gasteiger partial charge in [-0.05, 0) is 39.1 Å². The molecule has 0 saturated carbocycles. The second-order valence-corrected chi connectivity index (χ2v) is 8.24. The molecule has 0 bridgehead atoms. The number of hydrogen-bond donors (Lipinski definition) is 0. The molecule has 2 atom stereocenters. The van der Waals surface area contributed by atoms with Crippen LogP contribution in [-0.4, -0.2) is 73.0 Å². The predicted octanol–water partition coefficient (Wildman–Crippen LogP) is 3.30. The first-order valence-corrected chi connectivity index (χ1v) is 10.3. The van der Waals surface area contributed by atoms with Crippen LogP contribution in [0.2, 0.25) is 0 Å². The molecule has 3 rings (SSSR count). The lowest BCUT2D eigenvalue weighted by atomic mass is 9.89. The van der Waals surface area contributed by atoms with Crippen LogP contribution in [0.4, 0.5) is 0 Å². The van der Waals surface area contributed by atoms with Gasteiger partial charge in [0.05, 0.1) is 5.92 Å². The minimum Gasteiger partial charge on any atom is -0.339 e. The molecule has 1 amide bonds. The molecule has 2 unspecified atom stereocenters. The van der Waals surface area contributed by atoms with Crippen LogP contribution >= 0.6 is 0 Å². The Labute approximate surface area is 169 Å². The highest BCUT2D eigenvalue weighted by Gasteiger charge is 2.35. The number of benzene rings is 2. The van der Waals surface area contributed by atoms with E-state index in [2.05, 4.69) is 66.9 Å². The number of likely N-dealkylation sites (N-methyl/N-ethyl adjacent to an activating group) is 1. The third-order valence-corrected chi connectivity index (χ3v) is 5.73. The zero-order chi connectivity index (χ0) is 20.1. The Bertz CT molecular complexity index is 695. The molecular formula is C24H33N3O. The van der Waals surface area contributed by atoms with Crippen molar-refractivity contribution in [3.63, 3.8) is 0 Å². The highest BCUT2D eigenvalue weighted by atomic mass is 16.2. The average Bonchev–Trinajstić information content (AvgIpc) is 2.69. The summed E-state index contributed by atoms with van der Waals surface area (Å²) in [5.74, 6) is -0.0292. The molecule has 0 aromatic heterocycles. The minimum absolute atomic E-state index is 0.211. The summed E-state index contributed by atoms with van der Waals surface area (Å²) in [7, 11) is 4.22. The normalized spacial score (nSPS) is 20.7. The maximum absolute atomic E-state index is 13.7. The van der Waals surface area contributed by atoms with E-state index in [1.807, 2.05) is 36.4 Å². The summed E-state index contributed by atoms with van der Waals surface area (Å²) in [6, 6.07) is 21.1. The molecule has 0 spiro atoms. The number of carbonyl (C=O) groups excluding carboxylic acids is 1. The van der Waals surface area contributed by atoms with Crippen LogP contribution in [0, 0.1) is 0 Å². The van der Waals surface area contributed by atoms with Crippen LogP contribution in [0.5, 0.6) is 0 Å². The van der Waals surface area contributed by atoms with Gasteiger partial charge in [-0.2, -0.15) is 0 Å². The van der Waals surface area contributed by atoms with E-state index < -0.39 is 0 Å². The Morgan fingerprint density at radius 3 is 1.82 bits per heavy atom. The molecule has 0 N–H and O–H groups in total. The predicted molar refractivity (Wildman–Crippen MR) is 115 cm³/mol. The fraction of sp³-hybridized carbons (Fsp3) is 0.458. The van der Waals surface area contributed by atoms with Gasteiger partial charge in [0, 0.05) is 38.3 Å². The van der Waals surface area contributed by atoms with E-state index in [1.165, 1.54) is 0 Å². The SMILES string of the molecule is CC1CN(C(=O)C(c2ccccc2)c2ccccc2)CC(C)N1CCN(C)C. The van der Waals surface area contributed by atoms with Crippen molar-refractivity contribution in [2.75, 3.05) is 40.3 Å². The van der Waals surface area contributed by atoms with Crippen molar-refractivity contribution in [1.29, 1.82) is 0 Å². The third-order valence-electron chi connectivity index (χ3n) is 5.73. The third kappa shape index (κ3) is 4.81. The smallest absolute Gasteiger partial charge is 0.234 e. The van der Waals surface area contributed by atoms with E-state index in [4.69, 9.17) is 0 Å². The van der Waals surface area contributed by atoms with Crippen molar-refractivity contribution >= 4 is 5.91 Å². The molecule has 0 radical (unpaired) electrons. The summed E-state index contributed by atoms with van der Waals surface area (Å²) in [5.41, 5.74) is 2.13. The number of carbonyl (C=O) groups is 1. The lowest BCUT2D eigenvalue weighted by Gasteiger charge is -2.45. The molecule has 150 valence electrons. The summed E-state index contributed by atoms with van der Waals surface area (Å²) in [4.78, 5) is 20.5.